The Hall–Kier alpha value is -0.500. The molecule has 0 unspecified atom stereocenters. The van der Waals surface area contributed by atoms with Crippen molar-refractivity contribution >= 4 is 21.6 Å². The van der Waals surface area contributed by atoms with Gasteiger partial charge in [-0.15, -0.1) is 0 Å². The predicted molar refractivity (Wildman–Crippen MR) is 65.1 cm³/mol. The standard InChI is InChI=1S/C12H16BrN/c1-14(9-11-2-3-11)12-6-4-10(8-13)5-7-12/h4-7,11H,2-3,8-9H2,1H3. The maximum absolute atomic E-state index is 3.46. The number of hydrogen-bond donors (Lipinski definition) is 0. The van der Waals surface area contributed by atoms with E-state index in [-0.39, 0.29) is 0 Å². The molecule has 0 aliphatic heterocycles. The monoisotopic (exact) mass is 253 g/mol. The third-order valence-electron chi connectivity index (χ3n) is 2.76. The zero-order chi connectivity index (χ0) is 9.97. The molecular formula is C12H16BrN. The Morgan fingerprint density at radius 2 is 1.93 bits per heavy atom. The molecule has 1 fully saturated rings. The lowest BCUT2D eigenvalue weighted by Gasteiger charge is -2.19. The number of nitrogens with zero attached hydrogens (tertiary/aromatic N) is 1. The van der Waals surface area contributed by atoms with E-state index in [9.17, 15) is 0 Å². The average Bonchev–Trinajstić information content (AvgIpc) is 3.02. The highest BCUT2D eigenvalue weighted by Gasteiger charge is 2.22. The number of benzene rings is 1. The summed E-state index contributed by atoms with van der Waals surface area (Å²) in [6, 6.07) is 8.79. The summed E-state index contributed by atoms with van der Waals surface area (Å²) in [6.45, 7) is 1.22. The van der Waals surface area contributed by atoms with Crippen LogP contribution in [-0.4, -0.2) is 13.6 Å². The molecule has 0 amide bonds. The van der Waals surface area contributed by atoms with Crippen molar-refractivity contribution in [3.63, 3.8) is 0 Å². The number of hydrogen-bond acceptors (Lipinski definition) is 1. The minimum Gasteiger partial charge on any atom is -0.374 e. The molecule has 1 aromatic rings. The highest BCUT2D eigenvalue weighted by atomic mass is 79.9. The van der Waals surface area contributed by atoms with Crippen LogP contribution in [0.3, 0.4) is 0 Å². The van der Waals surface area contributed by atoms with E-state index < -0.39 is 0 Å². The SMILES string of the molecule is CN(CC1CC1)c1ccc(CBr)cc1. The molecule has 0 radical (unpaired) electrons. The smallest absolute Gasteiger partial charge is 0.0363 e. The number of rotatable bonds is 4. The lowest BCUT2D eigenvalue weighted by atomic mass is 10.2. The number of halogens is 1. The van der Waals surface area contributed by atoms with E-state index >= 15 is 0 Å². The molecule has 1 saturated carbocycles. The summed E-state index contributed by atoms with van der Waals surface area (Å²) in [5.41, 5.74) is 2.68. The highest BCUT2D eigenvalue weighted by Crippen LogP contribution is 2.30. The highest BCUT2D eigenvalue weighted by molar-refractivity contribution is 9.08. The first kappa shape index (κ1) is 10.0. The number of anilines is 1. The van der Waals surface area contributed by atoms with E-state index in [1.807, 2.05) is 0 Å². The molecule has 14 heavy (non-hydrogen) atoms. The fourth-order valence-corrected chi connectivity index (χ4v) is 2.01. The minimum atomic E-state index is 0.944. The zero-order valence-electron chi connectivity index (χ0n) is 8.54. The molecule has 1 aromatic carbocycles. The fraction of sp³-hybridized carbons (Fsp3) is 0.500. The van der Waals surface area contributed by atoms with Crippen LogP contribution in [0.4, 0.5) is 5.69 Å². The second-order valence-corrected chi connectivity index (χ2v) is 4.68. The van der Waals surface area contributed by atoms with Crippen LogP contribution in [0.15, 0.2) is 24.3 Å². The van der Waals surface area contributed by atoms with Crippen molar-refractivity contribution in [2.45, 2.75) is 18.2 Å². The molecule has 0 atom stereocenters. The molecule has 76 valence electrons. The second kappa shape index (κ2) is 4.35. The molecule has 2 heteroatoms. The first-order valence-electron chi connectivity index (χ1n) is 5.15. The Kier molecular flexibility index (Phi) is 3.12. The van der Waals surface area contributed by atoms with Crippen molar-refractivity contribution in [1.82, 2.24) is 0 Å². The first-order valence-corrected chi connectivity index (χ1v) is 6.28. The second-order valence-electron chi connectivity index (χ2n) is 4.12. The third-order valence-corrected chi connectivity index (χ3v) is 3.41. The van der Waals surface area contributed by atoms with E-state index in [2.05, 4.69) is 52.1 Å². The molecule has 2 rings (SSSR count). The third kappa shape index (κ3) is 2.50. The molecule has 0 saturated heterocycles. The van der Waals surface area contributed by atoms with Gasteiger partial charge in [0.15, 0.2) is 0 Å². The molecule has 0 N–H and O–H groups in total. The Labute approximate surface area is 94.2 Å². The Balaban J connectivity index is 1.99. The maximum Gasteiger partial charge on any atom is 0.0363 e. The van der Waals surface area contributed by atoms with Crippen LogP contribution in [-0.2, 0) is 5.33 Å². The van der Waals surface area contributed by atoms with Gasteiger partial charge in [-0.05, 0) is 36.5 Å². The van der Waals surface area contributed by atoms with Gasteiger partial charge < -0.3 is 4.90 Å². The van der Waals surface area contributed by atoms with Gasteiger partial charge in [0.2, 0.25) is 0 Å². The van der Waals surface area contributed by atoms with Gasteiger partial charge in [0.05, 0.1) is 0 Å². The normalized spacial score (nSPS) is 15.6. The summed E-state index contributed by atoms with van der Waals surface area (Å²) in [4.78, 5) is 2.36. The quantitative estimate of drug-likeness (QED) is 0.744. The van der Waals surface area contributed by atoms with Gasteiger partial charge in [-0.3, -0.25) is 0 Å². The van der Waals surface area contributed by atoms with Gasteiger partial charge in [-0.25, -0.2) is 0 Å². The molecule has 0 spiro atoms. The van der Waals surface area contributed by atoms with Crippen LogP contribution >= 0.6 is 15.9 Å². The van der Waals surface area contributed by atoms with Gasteiger partial charge >= 0.3 is 0 Å². The summed E-state index contributed by atoms with van der Waals surface area (Å²) in [5.74, 6) is 0.954. The van der Waals surface area contributed by atoms with Crippen LogP contribution in [0, 0.1) is 5.92 Å². The summed E-state index contributed by atoms with van der Waals surface area (Å²) in [7, 11) is 2.18. The lowest BCUT2D eigenvalue weighted by molar-refractivity contribution is 0.787. The Morgan fingerprint density at radius 1 is 1.29 bits per heavy atom. The van der Waals surface area contributed by atoms with Crippen LogP contribution in [0.1, 0.15) is 18.4 Å². The van der Waals surface area contributed by atoms with Crippen molar-refractivity contribution in [1.29, 1.82) is 0 Å². The summed E-state index contributed by atoms with van der Waals surface area (Å²) >= 11 is 3.46. The molecule has 1 nitrogen and oxygen atoms in total. The topological polar surface area (TPSA) is 3.24 Å². The van der Waals surface area contributed by atoms with Crippen LogP contribution < -0.4 is 4.90 Å². The van der Waals surface area contributed by atoms with Crippen LogP contribution in [0.2, 0.25) is 0 Å². The fourth-order valence-electron chi connectivity index (χ4n) is 1.63. The zero-order valence-corrected chi connectivity index (χ0v) is 10.1. The van der Waals surface area contributed by atoms with Gasteiger partial charge in [-0.1, -0.05) is 28.1 Å². The molecule has 0 heterocycles. The summed E-state index contributed by atoms with van der Waals surface area (Å²) in [5, 5.41) is 0.944. The van der Waals surface area contributed by atoms with Crippen LogP contribution in [0.25, 0.3) is 0 Å². The predicted octanol–water partition coefficient (Wildman–Crippen LogP) is 3.43. The van der Waals surface area contributed by atoms with E-state index in [1.54, 1.807) is 0 Å². The Morgan fingerprint density at radius 3 is 2.43 bits per heavy atom. The molecular weight excluding hydrogens is 238 g/mol. The molecule has 0 bridgehead atoms. The van der Waals surface area contributed by atoms with Crippen LogP contribution in [0.5, 0.6) is 0 Å². The number of alkyl halides is 1. The van der Waals surface area contributed by atoms with Crippen molar-refractivity contribution in [3.8, 4) is 0 Å². The van der Waals surface area contributed by atoms with Gasteiger partial charge in [0.1, 0.15) is 0 Å². The minimum absolute atomic E-state index is 0.944. The lowest BCUT2D eigenvalue weighted by Crippen LogP contribution is -2.19. The largest absolute Gasteiger partial charge is 0.374 e. The van der Waals surface area contributed by atoms with E-state index in [0.717, 1.165) is 11.2 Å². The summed E-state index contributed by atoms with van der Waals surface area (Å²) in [6.07, 6.45) is 2.84. The Bertz CT molecular complexity index is 290. The van der Waals surface area contributed by atoms with Crippen molar-refractivity contribution in [2.75, 3.05) is 18.5 Å². The van der Waals surface area contributed by atoms with E-state index in [1.165, 1.54) is 30.6 Å². The van der Waals surface area contributed by atoms with Gasteiger partial charge in [-0.2, -0.15) is 0 Å². The van der Waals surface area contributed by atoms with Crippen molar-refractivity contribution in [2.24, 2.45) is 5.92 Å². The van der Waals surface area contributed by atoms with Gasteiger partial charge in [0, 0.05) is 24.6 Å². The average molecular weight is 254 g/mol. The van der Waals surface area contributed by atoms with Gasteiger partial charge in [0.25, 0.3) is 0 Å². The molecule has 1 aliphatic rings. The van der Waals surface area contributed by atoms with Crippen molar-refractivity contribution < 1.29 is 0 Å². The molecule has 0 aromatic heterocycles. The first-order chi connectivity index (χ1) is 6.79. The van der Waals surface area contributed by atoms with E-state index in [4.69, 9.17) is 0 Å². The van der Waals surface area contributed by atoms with E-state index in [0.29, 0.717) is 0 Å². The summed E-state index contributed by atoms with van der Waals surface area (Å²) < 4.78 is 0. The van der Waals surface area contributed by atoms with Crippen molar-refractivity contribution in [3.05, 3.63) is 29.8 Å². The molecule has 1 aliphatic carbocycles. The maximum atomic E-state index is 3.46.